The fourth-order valence-corrected chi connectivity index (χ4v) is 2.67. The summed E-state index contributed by atoms with van der Waals surface area (Å²) < 4.78 is 9.48. The summed E-state index contributed by atoms with van der Waals surface area (Å²) in [5.74, 6) is 0.389. The van der Waals surface area contributed by atoms with Crippen molar-refractivity contribution in [3.05, 3.63) is 0 Å². The van der Waals surface area contributed by atoms with E-state index < -0.39 is 0 Å². The lowest BCUT2D eigenvalue weighted by Gasteiger charge is -2.19. The molecule has 2 saturated heterocycles. The van der Waals surface area contributed by atoms with Gasteiger partial charge in [-0.05, 0) is 87.9 Å². The number of nitrogens with two attached hydrogens (primary N) is 2. The van der Waals surface area contributed by atoms with Crippen LogP contribution in [0.25, 0.3) is 0 Å². The van der Waals surface area contributed by atoms with Gasteiger partial charge in [-0.1, -0.05) is 33.6 Å². The number of rotatable bonds is 7. The van der Waals surface area contributed by atoms with Crippen LogP contribution in [-0.4, -0.2) is 95.1 Å². The molecule has 0 bridgehead atoms. The van der Waals surface area contributed by atoms with E-state index in [0.717, 1.165) is 64.5 Å². The Bertz CT molecular complexity index is 548. The van der Waals surface area contributed by atoms with Crippen molar-refractivity contribution in [2.24, 2.45) is 11.5 Å². The van der Waals surface area contributed by atoms with Crippen molar-refractivity contribution < 1.29 is 28.7 Å². The second-order valence-corrected chi connectivity index (χ2v) is 9.95. The van der Waals surface area contributed by atoms with Gasteiger partial charge in [0.1, 0.15) is 6.29 Å². The molecule has 2 rings (SSSR count). The number of methoxy groups -OCH3 is 2. The maximum Gasteiger partial charge on any atom is 0.237 e. The molecule has 0 radical (unpaired) electrons. The second-order valence-electron chi connectivity index (χ2n) is 9.95. The zero-order chi connectivity index (χ0) is 34.4. The van der Waals surface area contributed by atoms with Crippen LogP contribution in [0.4, 0.5) is 0 Å². The quantitative estimate of drug-likeness (QED) is 0.248. The van der Waals surface area contributed by atoms with Crippen LogP contribution in [-0.2, 0) is 28.7 Å². The van der Waals surface area contributed by atoms with Crippen molar-refractivity contribution in [1.82, 2.24) is 15.5 Å². The van der Waals surface area contributed by atoms with Crippen LogP contribution in [0.1, 0.15) is 114 Å². The maximum absolute atomic E-state index is 11.5. The second kappa shape index (κ2) is 43.4. The molecule has 0 spiro atoms. The van der Waals surface area contributed by atoms with E-state index in [1.807, 2.05) is 62.4 Å². The van der Waals surface area contributed by atoms with Crippen LogP contribution < -0.4 is 22.1 Å². The number of unbranched alkanes of at least 4 members (excludes halogenated alkanes) is 3. The van der Waals surface area contributed by atoms with Crippen molar-refractivity contribution in [2.45, 2.75) is 131 Å². The normalized spacial score (nSPS) is 14.5. The summed E-state index contributed by atoms with van der Waals surface area (Å²) >= 11 is 0. The number of carbonyl (C=O) groups is 4. The Morgan fingerprint density at radius 1 is 1.12 bits per heavy atom. The van der Waals surface area contributed by atoms with Crippen molar-refractivity contribution in [1.29, 1.82) is 0 Å². The van der Waals surface area contributed by atoms with Gasteiger partial charge in [-0.2, -0.15) is 0 Å². The fraction of sp³-hybridized carbons (Fsp3) is 0.871. The smallest absolute Gasteiger partial charge is 0.237 e. The van der Waals surface area contributed by atoms with Crippen LogP contribution in [0.15, 0.2) is 0 Å². The first kappa shape index (κ1) is 52.6. The predicted octanol–water partition coefficient (Wildman–Crippen LogP) is 4.05. The molecule has 0 aromatic heterocycles. The number of likely N-dealkylation sites (N-methyl/N-ethyl adjacent to an activating group) is 1. The molecule has 256 valence electrons. The van der Waals surface area contributed by atoms with Gasteiger partial charge in [0.15, 0.2) is 0 Å². The Labute approximate surface area is 259 Å². The third kappa shape index (κ3) is 54.1. The van der Waals surface area contributed by atoms with Crippen LogP contribution in [0.5, 0.6) is 0 Å². The van der Waals surface area contributed by atoms with E-state index in [0.29, 0.717) is 0 Å². The van der Waals surface area contributed by atoms with Crippen molar-refractivity contribution in [2.75, 3.05) is 48.0 Å². The van der Waals surface area contributed by atoms with E-state index in [9.17, 15) is 14.4 Å². The summed E-state index contributed by atoms with van der Waals surface area (Å²) in [5.41, 5.74) is 8.71. The molecule has 2 aliphatic rings. The first-order chi connectivity index (χ1) is 19.8. The number of carbonyl (C=O) groups excluding carboxylic acids is 4. The average Bonchev–Trinajstić information content (AvgIpc) is 3.63. The highest BCUT2D eigenvalue weighted by molar-refractivity contribution is 5.82. The molecule has 0 aliphatic carbocycles. The first-order valence-corrected chi connectivity index (χ1v) is 15.3. The minimum atomic E-state index is 0.0417. The minimum Gasteiger partial charge on any atom is -0.385 e. The molecule has 6 N–H and O–H groups in total. The van der Waals surface area contributed by atoms with E-state index in [2.05, 4.69) is 38.7 Å². The highest BCUT2D eigenvalue weighted by Crippen LogP contribution is 2.14. The number of amides is 3. The van der Waals surface area contributed by atoms with Gasteiger partial charge < -0.3 is 36.4 Å². The lowest BCUT2D eigenvalue weighted by atomic mass is 10.2. The molecule has 11 heteroatoms. The summed E-state index contributed by atoms with van der Waals surface area (Å²) in [6, 6.07) is 0.374. The molecule has 11 nitrogen and oxygen atoms in total. The Morgan fingerprint density at radius 2 is 1.60 bits per heavy atom. The van der Waals surface area contributed by atoms with Gasteiger partial charge in [0.25, 0.3) is 0 Å². The van der Waals surface area contributed by atoms with E-state index in [4.69, 9.17) is 9.53 Å². The van der Waals surface area contributed by atoms with E-state index in [1.165, 1.54) is 19.9 Å². The van der Waals surface area contributed by atoms with E-state index in [-0.39, 0.29) is 35.9 Å². The first-order valence-electron chi connectivity index (χ1n) is 15.3. The summed E-state index contributed by atoms with van der Waals surface area (Å²) in [6.07, 6.45) is 9.36. The highest BCUT2D eigenvalue weighted by Gasteiger charge is 2.27. The fourth-order valence-electron chi connectivity index (χ4n) is 2.67. The lowest BCUT2D eigenvalue weighted by Crippen LogP contribution is -2.43. The van der Waals surface area contributed by atoms with Gasteiger partial charge in [0.05, 0.1) is 11.6 Å². The molecular formula is C31H71N5O6. The minimum absolute atomic E-state index is 0.0417. The third-order valence-corrected chi connectivity index (χ3v) is 4.98. The summed E-state index contributed by atoms with van der Waals surface area (Å²) in [7, 11) is 6.90. The topological polar surface area (TPSA) is 166 Å². The number of primary amides is 1. The number of likely N-dealkylation sites (tertiary alicyclic amines) is 1. The number of hydrogen-bond acceptors (Lipinski definition) is 8. The Kier molecular flexibility index (Phi) is 54.3. The molecule has 42 heavy (non-hydrogen) atoms. The average molecular weight is 610 g/mol. The summed E-state index contributed by atoms with van der Waals surface area (Å²) in [5, 5.41) is 5.62. The maximum atomic E-state index is 11.5. The molecule has 1 atom stereocenters. The van der Waals surface area contributed by atoms with Crippen LogP contribution in [0.2, 0.25) is 0 Å². The van der Waals surface area contributed by atoms with Crippen molar-refractivity contribution in [3.63, 3.8) is 0 Å². The number of ether oxygens (including phenoxy) is 2. The van der Waals surface area contributed by atoms with E-state index in [1.54, 1.807) is 14.2 Å². The zero-order valence-corrected chi connectivity index (χ0v) is 29.6. The number of nitrogens with one attached hydrogen (secondary N) is 2. The Hall–Kier alpha value is -2.08. The van der Waals surface area contributed by atoms with Crippen molar-refractivity contribution in [3.8, 4) is 0 Å². The largest absolute Gasteiger partial charge is 0.385 e. The molecule has 2 fully saturated rings. The van der Waals surface area contributed by atoms with Gasteiger partial charge in [0.2, 0.25) is 18.2 Å². The molecule has 0 aromatic rings. The molecule has 2 aliphatic heterocycles. The standard InChI is InChI=1S/C9H18N2O.C6H12O.C5H12O.C4H7NO.C3H8O.C2H6.CH3NO.CH5N/c1-7(2)10-9(12)8-5-4-6-11(8)3;1-2-3-4-5-6-7;1-5(2,3)6-4;6-4-2-1-3-5-4;1-3-4-2;1-2;2-1-3;1-2/h7-8H,4-6H2,1-3H3,(H,10,12);6H,2-5H2,1H3;1-4H3;1-3H2,(H,5,6);3H2,1-2H3;1-2H3;1H,(H2,2,3);2H2,1H3. The third-order valence-electron chi connectivity index (χ3n) is 4.98. The van der Waals surface area contributed by atoms with Gasteiger partial charge in [-0.3, -0.25) is 19.3 Å². The van der Waals surface area contributed by atoms with Gasteiger partial charge in [-0.15, -0.1) is 0 Å². The summed E-state index contributed by atoms with van der Waals surface area (Å²) in [4.78, 5) is 42.0. The molecule has 3 amide bonds. The molecule has 0 saturated carbocycles. The molecular weight excluding hydrogens is 538 g/mol. The monoisotopic (exact) mass is 610 g/mol. The van der Waals surface area contributed by atoms with Crippen molar-refractivity contribution >= 4 is 24.5 Å². The SMILES string of the molecule is CC.CC(C)NC(=O)C1CCCN1C.CCCCCC=O.CCOC.CN.COC(C)(C)C.NC=O.O=C1CCCN1. The van der Waals surface area contributed by atoms with Crippen LogP contribution >= 0.6 is 0 Å². The van der Waals surface area contributed by atoms with Gasteiger partial charge in [0, 0.05) is 46.3 Å². The molecule has 2 heterocycles. The highest BCUT2D eigenvalue weighted by atomic mass is 16.5. The number of aldehydes is 1. The van der Waals surface area contributed by atoms with E-state index >= 15 is 0 Å². The van der Waals surface area contributed by atoms with Crippen LogP contribution in [0.3, 0.4) is 0 Å². The Morgan fingerprint density at radius 3 is 1.81 bits per heavy atom. The molecule has 0 aromatic carbocycles. The molecule has 1 unspecified atom stereocenters. The van der Waals surface area contributed by atoms with Gasteiger partial charge >= 0.3 is 0 Å². The van der Waals surface area contributed by atoms with Gasteiger partial charge in [-0.25, -0.2) is 0 Å². The predicted molar refractivity (Wildman–Crippen MR) is 177 cm³/mol. The van der Waals surface area contributed by atoms with Crippen LogP contribution in [0, 0.1) is 0 Å². The lowest BCUT2D eigenvalue weighted by molar-refractivity contribution is -0.125. The summed E-state index contributed by atoms with van der Waals surface area (Å²) in [6.45, 7) is 20.9. The number of hydrogen-bond donors (Lipinski definition) is 4. The Balaban J connectivity index is -0.0000000951. The zero-order valence-electron chi connectivity index (χ0n) is 29.6. The number of nitrogens with zero attached hydrogens (tertiary/aromatic N) is 1.